The van der Waals surface area contributed by atoms with E-state index in [1.54, 1.807) is 30.3 Å². The Morgan fingerprint density at radius 1 is 0.889 bits per heavy atom. The average Bonchev–Trinajstić information content (AvgIpc) is 2.39. The molecule has 0 aliphatic rings. The van der Waals surface area contributed by atoms with Crippen LogP contribution in [0.4, 0.5) is 0 Å². The Labute approximate surface area is 104 Å². The Morgan fingerprint density at radius 2 is 1.50 bits per heavy atom. The van der Waals surface area contributed by atoms with E-state index >= 15 is 0 Å². The first-order valence-corrected chi connectivity index (χ1v) is 5.34. The van der Waals surface area contributed by atoms with Crippen molar-refractivity contribution in [3.8, 4) is 11.5 Å². The highest BCUT2D eigenvalue weighted by atomic mass is 16.5. The molecule has 0 aliphatic heterocycles. The third kappa shape index (κ3) is 2.55. The van der Waals surface area contributed by atoms with E-state index in [-0.39, 0.29) is 5.56 Å². The van der Waals surface area contributed by atoms with E-state index < -0.39 is 11.7 Å². The minimum absolute atomic E-state index is 0.161. The Bertz CT molecular complexity index is 579. The van der Waals surface area contributed by atoms with Gasteiger partial charge in [-0.25, -0.2) is 0 Å². The quantitative estimate of drug-likeness (QED) is 0.658. The number of amides is 1. The number of Topliss-reactive ketones (excluding diaryl/α,β-unsaturated/α-hetero) is 1. The molecule has 0 radical (unpaired) electrons. The summed E-state index contributed by atoms with van der Waals surface area (Å²) in [4.78, 5) is 22.5. The molecule has 0 atom stereocenters. The van der Waals surface area contributed by atoms with Crippen LogP contribution < -0.4 is 10.5 Å². The largest absolute Gasteiger partial charge is 0.457 e. The van der Waals surface area contributed by atoms with E-state index in [2.05, 4.69) is 0 Å². The first kappa shape index (κ1) is 11.9. The van der Waals surface area contributed by atoms with Crippen molar-refractivity contribution >= 4 is 11.7 Å². The van der Waals surface area contributed by atoms with Crippen LogP contribution in [0, 0.1) is 0 Å². The second kappa shape index (κ2) is 5.14. The second-order valence-corrected chi connectivity index (χ2v) is 3.60. The summed E-state index contributed by atoms with van der Waals surface area (Å²) >= 11 is 0. The van der Waals surface area contributed by atoms with Gasteiger partial charge in [-0.15, -0.1) is 0 Å². The number of primary amides is 1. The molecule has 1 amide bonds. The predicted molar refractivity (Wildman–Crippen MR) is 66.5 cm³/mol. The van der Waals surface area contributed by atoms with Crippen molar-refractivity contribution < 1.29 is 14.3 Å². The number of ketones is 1. The fourth-order valence-electron chi connectivity index (χ4n) is 1.49. The number of nitrogens with two attached hydrogens (primary N) is 1. The van der Waals surface area contributed by atoms with Crippen LogP contribution in [0.15, 0.2) is 54.6 Å². The van der Waals surface area contributed by atoms with Gasteiger partial charge in [-0.1, -0.05) is 30.3 Å². The minimum atomic E-state index is -1.00. The minimum Gasteiger partial charge on any atom is -0.457 e. The highest BCUT2D eigenvalue weighted by Crippen LogP contribution is 2.25. The number of carbonyl (C=O) groups excluding carboxylic acids is 2. The number of hydrogen-bond acceptors (Lipinski definition) is 3. The number of para-hydroxylation sites is 2. The number of rotatable bonds is 4. The molecule has 0 spiro atoms. The van der Waals surface area contributed by atoms with Crippen LogP contribution in [0.3, 0.4) is 0 Å². The Kier molecular flexibility index (Phi) is 3.38. The molecule has 0 aliphatic carbocycles. The second-order valence-electron chi connectivity index (χ2n) is 3.60. The molecule has 2 aromatic carbocycles. The number of benzene rings is 2. The first-order valence-electron chi connectivity index (χ1n) is 5.34. The summed E-state index contributed by atoms with van der Waals surface area (Å²) in [6, 6.07) is 15.5. The van der Waals surface area contributed by atoms with Crippen molar-refractivity contribution in [3.63, 3.8) is 0 Å². The van der Waals surface area contributed by atoms with Gasteiger partial charge in [-0.05, 0) is 24.3 Å². The molecule has 4 heteroatoms. The summed E-state index contributed by atoms with van der Waals surface area (Å²) < 4.78 is 5.55. The molecule has 2 N–H and O–H groups in total. The van der Waals surface area contributed by atoms with Crippen molar-refractivity contribution in [1.82, 2.24) is 0 Å². The topological polar surface area (TPSA) is 69.4 Å². The Morgan fingerprint density at radius 3 is 2.17 bits per heavy atom. The van der Waals surface area contributed by atoms with E-state index in [0.29, 0.717) is 11.5 Å². The molecule has 0 saturated heterocycles. The average molecular weight is 241 g/mol. The van der Waals surface area contributed by atoms with E-state index in [0.717, 1.165) is 0 Å². The van der Waals surface area contributed by atoms with Crippen molar-refractivity contribution in [3.05, 3.63) is 60.2 Å². The van der Waals surface area contributed by atoms with Gasteiger partial charge in [0.25, 0.3) is 11.7 Å². The van der Waals surface area contributed by atoms with Gasteiger partial charge >= 0.3 is 0 Å². The normalized spacial score (nSPS) is 9.78. The molecular formula is C14H11NO3. The standard InChI is InChI=1S/C14H11NO3/c15-14(17)13(16)11-8-4-5-9-12(11)18-10-6-2-1-3-7-10/h1-9H,(H2,15,17). The molecule has 0 fully saturated rings. The summed E-state index contributed by atoms with van der Waals surface area (Å²) in [6.07, 6.45) is 0. The highest BCUT2D eigenvalue weighted by molar-refractivity contribution is 6.42. The van der Waals surface area contributed by atoms with Crippen molar-refractivity contribution in [2.45, 2.75) is 0 Å². The lowest BCUT2D eigenvalue weighted by molar-refractivity contribution is -0.114. The molecular weight excluding hydrogens is 230 g/mol. The number of hydrogen-bond donors (Lipinski definition) is 1. The Hall–Kier alpha value is -2.62. The first-order chi connectivity index (χ1) is 8.68. The van der Waals surface area contributed by atoms with Crippen LogP contribution >= 0.6 is 0 Å². The lowest BCUT2D eigenvalue weighted by Gasteiger charge is -2.08. The van der Waals surface area contributed by atoms with Crippen LogP contribution in [-0.2, 0) is 4.79 Å². The van der Waals surface area contributed by atoms with Gasteiger partial charge < -0.3 is 10.5 Å². The molecule has 0 bridgehead atoms. The maximum atomic E-state index is 11.6. The highest BCUT2D eigenvalue weighted by Gasteiger charge is 2.17. The van der Waals surface area contributed by atoms with Gasteiger partial charge in [0.1, 0.15) is 11.5 Å². The van der Waals surface area contributed by atoms with Crippen LogP contribution in [0.2, 0.25) is 0 Å². The summed E-state index contributed by atoms with van der Waals surface area (Å²) in [7, 11) is 0. The lowest BCUT2D eigenvalue weighted by atomic mass is 10.1. The van der Waals surface area contributed by atoms with Gasteiger partial charge in [0, 0.05) is 0 Å². The van der Waals surface area contributed by atoms with E-state index in [1.807, 2.05) is 18.2 Å². The number of carbonyl (C=O) groups is 2. The zero-order valence-electron chi connectivity index (χ0n) is 9.50. The molecule has 90 valence electrons. The van der Waals surface area contributed by atoms with Crippen LogP contribution in [-0.4, -0.2) is 11.7 Å². The van der Waals surface area contributed by atoms with Crippen molar-refractivity contribution in [2.75, 3.05) is 0 Å². The molecule has 0 saturated carbocycles. The molecule has 0 heterocycles. The van der Waals surface area contributed by atoms with E-state index in [9.17, 15) is 9.59 Å². The van der Waals surface area contributed by atoms with Gasteiger partial charge in [0.05, 0.1) is 5.56 Å². The summed E-state index contributed by atoms with van der Waals surface area (Å²) in [6.45, 7) is 0. The lowest BCUT2D eigenvalue weighted by Crippen LogP contribution is -2.23. The van der Waals surface area contributed by atoms with E-state index in [4.69, 9.17) is 10.5 Å². The van der Waals surface area contributed by atoms with Gasteiger partial charge in [0.2, 0.25) is 0 Å². The predicted octanol–water partition coefficient (Wildman–Crippen LogP) is 2.15. The van der Waals surface area contributed by atoms with Crippen LogP contribution in [0.25, 0.3) is 0 Å². The fourth-order valence-corrected chi connectivity index (χ4v) is 1.49. The molecule has 18 heavy (non-hydrogen) atoms. The summed E-state index contributed by atoms with van der Waals surface area (Å²) in [5, 5.41) is 0. The Balaban J connectivity index is 2.34. The summed E-state index contributed by atoms with van der Waals surface area (Å²) in [5.41, 5.74) is 5.15. The molecule has 2 aromatic rings. The van der Waals surface area contributed by atoms with E-state index in [1.165, 1.54) is 6.07 Å². The third-order valence-corrected chi connectivity index (χ3v) is 2.33. The SMILES string of the molecule is NC(=O)C(=O)c1ccccc1Oc1ccccc1. The molecule has 0 unspecified atom stereocenters. The summed E-state index contributed by atoms with van der Waals surface area (Å²) in [5.74, 6) is -0.865. The van der Waals surface area contributed by atoms with Crippen molar-refractivity contribution in [1.29, 1.82) is 0 Å². The van der Waals surface area contributed by atoms with Gasteiger partial charge in [-0.3, -0.25) is 9.59 Å². The molecule has 2 rings (SSSR count). The van der Waals surface area contributed by atoms with Gasteiger partial charge in [0.15, 0.2) is 0 Å². The number of ether oxygens (including phenoxy) is 1. The smallest absolute Gasteiger partial charge is 0.289 e. The monoisotopic (exact) mass is 241 g/mol. The third-order valence-electron chi connectivity index (χ3n) is 2.33. The van der Waals surface area contributed by atoms with Crippen LogP contribution in [0.5, 0.6) is 11.5 Å². The fraction of sp³-hybridized carbons (Fsp3) is 0. The van der Waals surface area contributed by atoms with Gasteiger partial charge in [-0.2, -0.15) is 0 Å². The maximum absolute atomic E-state index is 11.6. The zero-order valence-corrected chi connectivity index (χ0v) is 9.50. The van der Waals surface area contributed by atoms with Crippen molar-refractivity contribution in [2.24, 2.45) is 5.73 Å². The zero-order chi connectivity index (χ0) is 13.0. The van der Waals surface area contributed by atoms with Crippen LogP contribution in [0.1, 0.15) is 10.4 Å². The molecule has 4 nitrogen and oxygen atoms in total. The molecule has 0 aromatic heterocycles. The maximum Gasteiger partial charge on any atom is 0.289 e.